The summed E-state index contributed by atoms with van der Waals surface area (Å²) in [7, 11) is 1.68. The minimum Gasteiger partial charge on any atom is -0.287 e. The Morgan fingerprint density at radius 2 is 2.19 bits per heavy atom. The first-order valence-electron chi connectivity index (χ1n) is 4.75. The van der Waals surface area contributed by atoms with Gasteiger partial charge in [0.05, 0.1) is 6.20 Å². The Morgan fingerprint density at radius 3 is 2.75 bits per heavy atom. The van der Waals surface area contributed by atoms with E-state index in [1.54, 1.807) is 25.2 Å². The number of hydrogen-bond donors (Lipinski definition) is 0. The maximum absolute atomic E-state index is 12.0. The second-order valence-corrected chi connectivity index (χ2v) is 3.94. The Morgan fingerprint density at radius 1 is 1.44 bits per heavy atom. The average molecular weight is 236 g/mol. The van der Waals surface area contributed by atoms with E-state index in [0.717, 1.165) is 5.56 Å². The summed E-state index contributed by atoms with van der Waals surface area (Å²) in [6.45, 7) is 1.86. The van der Waals surface area contributed by atoms with Crippen LogP contribution in [0.1, 0.15) is 21.6 Å². The maximum Gasteiger partial charge on any atom is 0.212 e. The van der Waals surface area contributed by atoms with Crippen LogP contribution in [0.25, 0.3) is 0 Å². The molecule has 0 aliphatic heterocycles. The zero-order valence-electron chi connectivity index (χ0n) is 8.94. The monoisotopic (exact) mass is 235 g/mol. The SMILES string of the molecule is Cc1cc(C(=O)c2cnnn2C)ccc1Cl. The van der Waals surface area contributed by atoms with Gasteiger partial charge >= 0.3 is 0 Å². The van der Waals surface area contributed by atoms with Crippen molar-refractivity contribution in [2.24, 2.45) is 7.05 Å². The van der Waals surface area contributed by atoms with Gasteiger partial charge in [-0.05, 0) is 30.7 Å². The van der Waals surface area contributed by atoms with Gasteiger partial charge in [0.1, 0.15) is 5.69 Å². The third-order valence-corrected chi connectivity index (χ3v) is 2.79. The number of aromatic nitrogens is 3. The molecular weight excluding hydrogens is 226 g/mol. The first kappa shape index (κ1) is 10.8. The lowest BCUT2D eigenvalue weighted by Gasteiger charge is -2.03. The molecular formula is C11H10ClN3O. The smallest absolute Gasteiger partial charge is 0.212 e. The van der Waals surface area contributed by atoms with Crippen LogP contribution in [0, 0.1) is 6.92 Å². The summed E-state index contributed by atoms with van der Waals surface area (Å²) < 4.78 is 1.45. The van der Waals surface area contributed by atoms with E-state index in [0.29, 0.717) is 16.3 Å². The van der Waals surface area contributed by atoms with E-state index in [1.807, 2.05) is 6.92 Å². The second-order valence-electron chi connectivity index (χ2n) is 3.54. The molecule has 1 aromatic heterocycles. The lowest BCUT2D eigenvalue weighted by molar-refractivity contribution is 0.103. The lowest BCUT2D eigenvalue weighted by Crippen LogP contribution is -2.08. The molecule has 1 heterocycles. The highest BCUT2D eigenvalue weighted by atomic mass is 35.5. The van der Waals surface area contributed by atoms with Crippen LogP contribution in [0.2, 0.25) is 5.02 Å². The Balaban J connectivity index is 2.42. The first-order valence-corrected chi connectivity index (χ1v) is 5.13. The zero-order valence-corrected chi connectivity index (χ0v) is 9.69. The molecule has 0 unspecified atom stereocenters. The summed E-state index contributed by atoms with van der Waals surface area (Å²) in [4.78, 5) is 12.0. The van der Waals surface area contributed by atoms with Crippen molar-refractivity contribution in [3.63, 3.8) is 0 Å². The Bertz CT molecular complexity index is 548. The molecule has 0 bridgehead atoms. The molecule has 0 fully saturated rings. The highest BCUT2D eigenvalue weighted by Crippen LogP contribution is 2.18. The third kappa shape index (κ3) is 1.84. The van der Waals surface area contributed by atoms with Crippen molar-refractivity contribution >= 4 is 17.4 Å². The number of carbonyl (C=O) groups excluding carboxylic acids is 1. The Hall–Kier alpha value is -1.68. The predicted octanol–water partition coefficient (Wildman–Crippen LogP) is 2.01. The number of nitrogens with zero attached hydrogens (tertiary/aromatic N) is 3. The van der Waals surface area contributed by atoms with Crippen LogP contribution in [-0.4, -0.2) is 20.8 Å². The molecule has 1 aromatic carbocycles. The Kier molecular flexibility index (Phi) is 2.75. The van der Waals surface area contributed by atoms with Crippen molar-refractivity contribution in [3.8, 4) is 0 Å². The van der Waals surface area contributed by atoms with E-state index in [1.165, 1.54) is 10.9 Å². The molecule has 0 spiro atoms. The van der Waals surface area contributed by atoms with E-state index in [9.17, 15) is 4.79 Å². The van der Waals surface area contributed by atoms with E-state index in [-0.39, 0.29) is 5.78 Å². The van der Waals surface area contributed by atoms with Gasteiger partial charge in [0.25, 0.3) is 0 Å². The number of carbonyl (C=O) groups is 1. The van der Waals surface area contributed by atoms with Crippen LogP contribution in [0.15, 0.2) is 24.4 Å². The van der Waals surface area contributed by atoms with Crippen LogP contribution < -0.4 is 0 Å². The van der Waals surface area contributed by atoms with Gasteiger partial charge in [0.15, 0.2) is 0 Å². The fourth-order valence-electron chi connectivity index (χ4n) is 1.43. The number of benzene rings is 1. The lowest BCUT2D eigenvalue weighted by atomic mass is 10.1. The number of rotatable bonds is 2. The molecule has 2 rings (SSSR count). The standard InChI is InChI=1S/C11H10ClN3O/c1-7-5-8(3-4-9(7)12)11(16)10-6-13-14-15(10)2/h3-6H,1-2H3. The van der Waals surface area contributed by atoms with Gasteiger partial charge in [-0.2, -0.15) is 0 Å². The van der Waals surface area contributed by atoms with Gasteiger partial charge in [-0.3, -0.25) is 4.79 Å². The summed E-state index contributed by atoms with van der Waals surface area (Å²) >= 11 is 5.90. The molecule has 0 saturated heterocycles. The molecule has 4 nitrogen and oxygen atoms in total. The first-order chi connectivity index (χ1) is 7.59. The average Bonchev–Trinajstić information content (AvgIpc) is 2.67. The van der Waals surface area contributed by atoms with Gasteiger partial charge in [0.2, 0.25) is 5.78 Å². The molecule has 16 heavy (non-hydrogen) atoms. The number of ketones is 1. The largest absolute Gasteiger partial charge is 0.287 e. The van der Waals surface area contributed by atoms with Crippen LogP contribution >= 0.6 is 11.6 Å². The molecule has 0 amide bonds. The molecule has 2 aromatic rings. The molecule has 0 aliphatic rings. The van der Waals surface area contributed by atoms with Crippen molar-refractivity contribution < 1.29 is 4.79 Å². The van der Waals surface area contributed by atoms with Gasteiger partial charge in [0, 0.05) is 17.6 Å². The Labute approximate surface area is 97.8 Å². The molecule has 5 heteroatoms. The third-order valence-electron chi connectivity index (χ3n) is 2.37. The summed E-state index contributed by atoms with van der Waals surface area (Å²) in [6, 6.07) is 5.18. The molecule has 0 atom stereocenters. The van der Waals surface area contributed by atoms with Gasteiger partial charge in [-0.1, -0.05) is 16.8 Å². The number of aryl methyl sites for hydroxylation is 2. The predicted molar refractivity (Wildman–Crippen MR) is 60.6 cm³/mol. The number of halogens is 1. The number of hydrogen-bond acceptors (Lipinski definition) is 3. The molecule has 0 N–H and O–H groups in total. The van der Waals surface area contributed by atoms with E-state index in [2.05, 4.69) is 10.3 Å². The molecule has 0 radical (unpaired) electrons. The highest BCUT2D eigenvalue weighted by Gasteiger charge is 2.14. The van der Waals surface area contributed by atoms with E-state index < -0.39 is 0 Å². The van der Waals surface area contributed by atoms with Crippen molar-refractivity contribution in [2.45, 2.75) is 6.92 Å². The van der Waals surface area contributed by atoms with Gasteiger partial charge in [-0.25, -0.2) is 4.68 Å². The minimum atomic E-state index is -0.104. The quantitative estimate of drug-likeness (QED) is 0.748. The van der Waals surface area contributed by atoms with Crippen molar-refractivity contribution in [3.05, 3.63) is 46.2 Å². The van der Waals surface area contributed by atoms with Crippen LogP contribution in [0.3, 0.4) is 0 Å². The topological polar surface area (TPSA) is 47.8 Å². The van der Waals surface area contributed by atoms with Crippen LogP contribution in [-0.2, 0) is 7.05 Å². The van der Waals surface area contributed by atoms with Crippen LogP contribution in [0.4, 0.5) is 0 Å². The van der Waals surface area contributed by atoms with Crippen LogP contribution in [0.5, 0.6) is 0 Å². The molecule has 0 aliphatic carbocycles. The molecule has 0 saturated carbocycles. The fraction of sp³-hybridized carbons (Fsp3) is 0.182. The summed E-state index contributed by atoms with van der Waals surface area (Å²) in [5.74, 6) is -0.104. The van der Waals surface area contributed by atoms with E-state index in [4.69, 9.17) is 11.6 Å². The zero-order chi connectivity index (χ0) is 11.7. The molecule has 82 valence electrons. The van der Waals surface area contributed by atoms with E-state index >= 15 is 0 Å². The van der Waals surface area contributed by atoms with Gasteiger partial charge < -0.3 is 0 Å². The maximum atomic E-state index is 12.0. The summed E-state index contributed by atoms with van der Waals surface area (Å²) in [5.41, 5.74) is 1.93. The van der Waals surface area contributed by atoms with Gasteiger partial charge in [-0.15, -0.1) is 5.10 Å². The fourth-order valence-corrected chi connectivity index (χ4v) is 1.55. The highest BCUT2D eigenvalue weighted by molar-refractivity contribution is 6.31. The summed E-state index contributed by atoms with van der Waals surface area (Å²) in [5, 5.41) is 8.05. The normalized spacial score (nSPS) is 10.4. The summed E-state index contributed by atoms with van der Waals surface area (Å²) in [6.07, 6.45) is 1.45. The minimum absolute atomic E-state index is 0.104. The van der Waals surface area contributed by atoms with Crippen molar-refractivity contribution in [1.29, 1.82) is 0 Å². The second kappa shape index (κ2) is 4.06. The van der Waals surface area contributed by atoms with Crippen molar-refractivity contribution in [2.75, 3.05) is 0 Å². The van der Waals surface area contributed by atoms with Crippen molar-refractivity contribution in [1.82, 2.24) is 15.0 Å².